The van der Waals surface area contributed by atoms with Gasteiger partial charge in [0.05, 0.1) is 0 Å². The molecule has 86 valence electrons. The van der Waals surface area contributed by atoms with Crippen LogP contribution in [0.5, 0.6) is 0 Å². The van der Waals surface area contributed by atoms with E-state index in [2.05, 4.69) is 6.58 Å². The van der Waals surface area contributed by atoms with Crippen molar-refractivity contribution in [3.05, 3.63) is 73.3 Å². The molecule has 0 saturated carbocycles. The molecule has 0 aliphatic carbocycles. The van der Waals surface area contributed by atoms with E-state index in [1.54, 1.807) is 6.08 Å². The summed E-state index contributed by atoms with van der Waals surface area (Å²) in [5.41, 5.74) is 0. The zero-order valence-electron chi connectivity index (χ0n) is 9.91. The number of benzene rings is 2. The molecule has 0 N–H and O–H groups in total. The van der Waals surface area contributed by atoms with Crippen molar-refractivity contribution in [3.8, 4) is 0 Å². The molecule has 0 heterocycles. The van der Waals surface area contributed by atoms with Gasteiger partial charge < -0.3 is 0 Å². The summed E-state index contributed by atoms with van der Waals surface area (Å²) in [6.45, 7) is 5.25. The van der Waals surface area contributed by atoms with E-state index < -0.39 is 7.80 Å². The third-order valence-corrected chi connectivity index (χ3v) is 3.52. The van der Waals surface area contributed by atoms with Crippen molar-refractivity contribution >= 4 is 18.4 Å². The molecule has 2 heteroatoms. The van der Waals surface area contributed by atoms with Crippen LogP contribution >= 0.6 is 7.80 Å². The van der Waals surface area contributed by atoms with Gasteiger partial charge in [-0.15, -0.1) is 6.58 Å². The molecule has 2 aromatic rings. The lowest BCUT2D eigenvalue weighted by Crippen LogP contribution is -2.04. The van der Waals surface area contributed by atoms with Gasteiger partial charge in [0.25, 0.3) is 0 Å². The molecule has 2 aromatic carbocycles. The fourth-order valence-corrected chi connectivity index (χ4v) is 2.46. The minimum atomic E-state index is -1.42. The molecule has 0 atom stereocenters. The number of hydrogen-bond donors (Lipinski definition) is 0. The number of hydrogen-bond acceptors (Lipinski definition) is 1. The average Bonchev–Trinajstić information content (AvgIpc) is 2.41. The standard InChI is InChI=1S/C12H10OP.C3H6/c13-14(11-7-3-1-4-8-11)12-9-5-2-6-10-12;1-3-2/h1-10H;3H,1H2,2H3/q+1;. The van der Waals surface area contributed by atoms with Gasteiger partial charge in [-0.3, -0.25) is 0 Å². The molecule has 2 rings (SSSR count). The third-order valence-electron chi connectivity index (χ3n) is 1.98. The molecule has 0 amide bonds. The molecular weight excluding hydrogens is 227 g/mol. The third kappa shape index (κ3) is 4.34. The monoisotopic (exact) mass is 243 g/mol. The van der Waals surface area contributed by atoms with Crippen molar-refractivity contribution in [2.75, 3.05) is 0 Å². The van der Waals surface area contributed by atoms with Crippen LogP contribution in [-0.4, -0.2) is 0 Å². The highest BCUT2D eigenvalue weighted by Gasteiger charge is 2.21. The van der Waals surface area contributed by atoms with E-state index in [-0.39, 0.29) is 0 Å². The molecule has 0 bridgehead atoms. The lowest BCUT2D eigenvalue weighted by Gasteiger charge is -1.87. The quantitative estimate of drug-likeness (QED) is 0.581. The molecule has 0 radical (unpaired) electrons. The Labute approximate surface area is 104 Å². The Morgan fingerprint density at radius 1 is 0.882 bits per heavy atom. The maximum Gasteiger partial charge on any atom is 0.415 e. The van der Waals surface area contributed by atoms with Gasteiger partial charge in [0.15, 0.2) is 10.6 Å². The fourth-order valence-electron chi connectivity index (χ4n) is 1.28. The van der Waals surface area contributed by atoms with E-state index in [0.29, 0.717) is 0 Å². The summed E-state index contributed by atoms with van der Waals surface area (Å²) in [4.78, 5) is 0. The predicted molar refractivity (Wildman–Crippen MR) is 75.6 cm³/mol. The molecule has 0 aliphatic rings. The van der Waals surface area contributed by atoms with Gasteiger partial charge >= 0.3 is 7.80 Å². The highest BCUT2D eigenvalue weighted by atomic mass is 31.1. The zero-order chi connectivity index (χ0) is 12.5. The Morgan fingerprint density at radius 3 is 1.47 bits per heavy atom. The van der Waals surface area contributed by atoms with Crippen LogP contribution < -0.4 is 10.6 Å². The summed E-state index contributed by atoms with van der Waals surface area (Å²) in [5, 5.41) is 1.77. The second-order valence-corrected chi connectivity index (χ2v) is 5.00. The van der Waals surface area contributed by atoms with E-state index >= 15 is 0 Å². The topological polar surface area (TPSA) is 17.1 Å². The first kappa shape index (κ1) is 13.3. The van der Waals surface area contributed by atoms with Crippen LogP contribution in [0.15, 0.2) is 73.3 Å². The zero-order valence-corrected chi connectivity index (χ0v) is 10.8. The van der Waals surface area contributed by atoms with Gasteiger partial charge in [-0.05, 0) is 31.2 Å². The minimum absolute atomic E-state index is 0.883. The van der Waals surface area contributed by atoms with Crippen molar-refractivity contribution in [3.63, 3.8) is 0 Å². The largest absolute Gasteiger partial charge is 0.415 e. The summed E-state index contributed by atoms with van der Waals surface area (Å²) in [6, 6.07) is 19.1. The van der Waals surface area contributed by atoms with E-state index in [9.17, 15) is 4.57 Å². The highest BCUT2D eigenvalue weighted by molar-refractivity contribution is 7.61. The van der Waals surface area contributed by atoms with Crippen LogP contribution in [0.4, 0.5) is 0 Å². The van der Waals surface area contributed by atoms with E-state index in [0.717, 1.165) is 10.6 Å². The highest BCUT2D eigenvalue weighted by Crippen LogP contribution is 2.18. The molecule has 0 saturated heterocycles. The normalized spacial score (nSPS) is 8.76. The summed E-state index contributed by atoms with van der Waals surface area (Å²) in [6.07, 6.45) is 1.75. The molecule has 0 unspecified atom stereocenters. The molecule has 17 heavy (non-hydrogen) atoms. The van der Waals surface area contributed by atoms with E-state index in [1.807, 2.05) is 67.6 Å². The summed E-state index contributed by atoms with van der Waals surface area (Å²) in [5.74, 6) is 0. The lowest BCUT2D eigenvalue weighted by molar-refractivity contribution is 0.598. The van der Waals surface area contributed by atoms with Gasteiger partial charge in [0, 0.05) is 0 Å². The van der Waals surface area contributed by atoms with Gasteiger partial charge in [-0.2, -0.15) is 0 Å². The van der Waals surface area contributed by atoms with Crippen molar-refractivity contribution < 1.29 is 4.57 Å². The maximum absolute atomic E-state index is 12.0. The summed E-state index contributed by atoms with van der Waals surface area (Å²) < 4.78 is 12.0. The number of allylic oxidation sites excluding steroid dienone is 1. The van der Waals surface area contributed by atoms with Crippen molar-refractivity contribution in [2.45, 2.75) is 6.92 Å². The van der Waals surface area contributed by atoms with Crippen LogP contribution in [0.25, 0.3) is 0 Å². The van der Waals surface area contributed by atoms with Gasteiger partial charge in [0.1, 0.15) is 0 Å². The predicted octanol–water partition coefficient (Wildman–Crippen LogP) is 3.66. The first-order valence-electron chi connectivity index (χ1n) is 5.44. The van der Waals surface area contributed by atoms with Crippen molar-refractivity contribution in [2.24, 2.45) is 0 Å². The Bertz CT molecular complexity index is 421. The second kappa shape index (κ2) is 7.54. The molecule has 0 spiro atoms. The van der Waals surface area contributed by atoms with Crippen LogP contribution in [0.1, 0.15) is 6.92 Å². The van der Waals surface area contributed by atoms with E-state index in [4.69, 9.17) is 0 Å². The Hall–Kier alpha value is -1.72. The van der Waals surface area contributed by atoms with Crippen LogP contribution in [-0.2, 0) is 4.57 Å². The second-order valence-electron chi connectivity index (χ2n) is 3.37. The fraction of sp³-hybridized carbons (Fsp3) is 0.0667. The van der Waals surface area contributed by atoms with Gasteiger partial charge in [-0.1, -0.05) is 47.0 Å². The Kier molecular flexibility index (Phi) is 5.92. The van der Waals surface area contributed by atoms with Gasteiger partial charge in [0.2, 0.25) is 0 Å². The molecule has 0 aliphatic heterocycles. The molecule has 0 fully saturated rings. The average molecular weight is 243 g/mol. The van der Waals surface area contributed by atoms with Crippen molar-refractivity contribution in [1.29, 1.82) is 0 Å². The Morgan fingerprint density at radius 2 is 1.18 bits per heavy atom. The van der Waals surface area contributed by atoms with Crippen LogP contribution in [0.2, 0.25) is 0 Å². The number of rotatable bonds is 2. The Balaban J connectivity index is 0.000000437. The van der Waals surface area contributed by atoms with Gasteiger partial charge in [-0.25, -0.2) is 0 Å². The SMILES string of the molecule is C=CC.O=[P+](c1ccccc1)c1ccccc1. The summed E-state index contributed by atoms with van der Waals surface area (Å²) >= 11 is 0. The first-order valence-corrected chi connectivity index (χ1v) is 6.70. The van der Waals surface area contributed by atoms with Crippen molar-refractivity contribution in [1.82, 2.24) is 0 Å². The maximum atomic E-state index is 12.0. The molecule has 0 aromatic heterocycles. The molecular formula is C15H16OP+. The first-order chi connectivity index (χ1) is 8.29. The smallest absolute Gasteiger partial charge is 0.103 e. The summed E-state index contributed by atoms with van der Waals surface area (Å²) in [7, 11) is -1.42. The lowest BCUT2D eigenvalue weighted by atomic mass is 10.4. The molecule has 1 nitrogen and oxygen atoms in total. The van der Waals surface area contributed by atoms with E-state index in [1.165, 1.54) is 0 Å². The minimum Gasteiger partial charge on any atom is -0.103 e. The van der Waals surface area contributed by atoms with Crippen LogP contribution in [0, 0.1) is 0 Å². The van der Waals surface area contributed by atoms with Crippen LogP contribution in [0.3, 0.4) is 0 Å².